The van der Waals surface area contributed by atoms with Crippen LogP contribution in [0, 0.1) is 0 Å². The molecule has 0 spiro atoms. The fourth-order valence-corrected chi connectivity index (χ4v) is 3.69. The maximum atomic E-state index is 12.3. The van der Waals surface area contributed by atoms with Gasteiger partial charge in [0.2, 0.25) is 10.0 Å². The molecule has 0 aliphatic heterocycles. The number of sulfonamides is 1. The summed E-state index contributed by atoms with van der Waals surface area (Å²) in [7, 11) is -3.64. The van der Waals surface area contributed by atoms with Crippen LogP contribution in [-0.2, 0) is 23.1 Å². The van der Waals surface area contributed by atoms with E-state index in [4.69, 9.17) is 4.42 Å². The molecule has 0 aromatic carbocycles. The first-order valence-electron chi connectivity index (χ1n) is 6.40. The van der Waals surface area contributed by atoms with Crippen molar-refractivity contribution in [2.24, 2.45) is 0 Å². The van der Waals surface area contributed by atoms with Gasteiger partial charge in [0.25, 0.3) is 0 Å². The molecule has 2 rings (SSSR count). The first-order chi connectivity index (χ1) is 10.0. The molecule has 0 aliphatic carbocycles. The molecule has 2 aromatic heterocycles. The number of hydrogen-bond acceptors (Lipinski definition) is 5. The Kier molecular flexibility index (Phi) is 5.51. The van der Waals surface area contributed by atoms with Crippen LogP contribution in [0.5, 0.6) is 0 Å². The van der Waals surface area contributed by atoms with Gasteiger partial charge >= 0.3 is 0 Å². The predicted octanol–water partition coefficient (Wildman–Crippen LogP) is 2.03. The van der Waals surface area contributed by atoms with Crippen molar-refractivity contribution in [3.63, 3.8) is 0 Å². The Morgan fingerprint density at radius 1 is 1.38 bits per heavy atom. The summed E-state index contributed by atoms with van der Waals surface area (Å²) >= 11 is 3.15. The van der Waals surface area contributed by atoms with Gasteiger partial charge in [0.05, 0.1) is 6.54 Å². The first kappa shape index (κ1) is 16.2. The molecule has 2 heterocycles. The highest BCUT2D eigenvalue weighted by Gasteiger charge is 2.22. The van der Waals surface area contributed by atoms with Gasteiger partial charge in [0.1, 0.15) is 10.7 Å². The van der Waals surface area contributed by atoms with Gasteiger partial charge in [0, 0.05) is 25.0 Å². The minimum Gasteiger partial charge on any atom is -0.452 e. The lowest BCUT2D eigenvalue weighted by molar-refractivity contribution is 0.464. The maximum absolute atomic E-state index is 12.3. The summed E-state index contributed by atoms with van der Waals surface area (Å²) in [5.41, 5.74) is 0.786. The minimum atomic E-state index is -3.64. The van der Waals surface area contributed by atoms with Gasteiger partial charge in [-0.15, -0.1) is 0 Å². The monoisotopic (exact) mass is 373 g/mol. The standard InChI is InChI=1S/C13H16BrN3O3S/c1-2-15-9-11-6-12(13(14)20-11)21(18,19)17-8-10-4-3-5-16-7-10/h3-7,15,17H,2,8-9H2,1H3. The molecule has 21 heavy (non-hydrogen) atoms. The van der Waals surface area contributed by atoms with Crippen LogP contribution in [-0.4, -0.2) is 19.9 Å². The Hall–Kier alpha value is -1.22. The van der Waals surface area contributed by atoms with Crippen molar-refractivity contribution in [2.75, 3.05) is 6.54 Å². The zero-order chi connectivity index (χ0) is 15.3. The van der Waals surface area contributed by atoms with E-state index in [1.165, 1.54) is 6.07 Å². The summed E-state index contributed by atoms with van der Waals surface area (Å²) in [5, 5.41) is 3.08. The fourth-order valence-electron chi connectivity index (χ4n) is 1.68. The summed E-state index contributed by atoms with van der Waals surface area (Å²) in [5.74, 6) is 0.561. The number of aromatic nitrogens is 1. The van der Waals surface area contributed by atoms with Crippen molar-refractivity contribution in [3.8, 4) is 0 Å². The molecule has 0 saturated carbocycles. The van der Waals surface area contributed by atoms with Gasteiger partial charge in [-0.2, -0.15) is 0 Å². The van der Waals surface area contributed by atoms with E-state index in [9.17, 15) is 8.42 Å². The third-order valence-electron chi connectivity index (χ3n) is 2.73. The summed E-state index contributed by atoms with van der Waals surface area (Å²) in [6, 6.07) is 5.07. The molecular weight excluding hydrogens is 358 g/mol. The Morgan fingerprint density at radius 2 is 2.19 bits per heavy atom. The maximum Gasteiger partial charge on any atom is 0.245 e. The lowest BCUT2D eigenvalue weighted by Gasteiger charge is -2.04. The second kappa shape index (κ2) is 7.17. The van der Waals surface area contributed by atoms with Crippen molar-refractivity contribution in [2.45, 2.75) is 24.9 Å². The second-order valence-electron chi connectivity index (χ2n) is 4.32. The van der Waals surface area contributed by atoms with E-state index in [-0.39, 0.29) is 16.1 Å². The van der Waals surface area contributed by atoms with Crippen molar-refractivity contribution >= 4 is 26.0 Å². The number of rotatable bonds is 7. The quantitative estimate of drug-likeness (QED) is 0.775. The van der Waals surface area contributed by atoms with E-state index in [0.717, 1.165) is 12.1 Å². The number of hydrogen-bond donors (Lipinski definition) is 2. The van der Waals surface area contributed by atoms with Crippen LogP contribution in [0.3, 0.4) is 0 Å². The van der Waals surface area contributed by atoms with E-state index in [1.54, 1.807) is 24.5 Å². The van der Waals surface area contributed by atoms with Crippen LogP contribution in [0.4, 0.5) is 0 Å². The van der Waals surface area contributed by atoms with E-state index < -0.39 is 10.0 Å². The molecule has 6 nitrogen and oxygen atoms in total. The molecule has 0 aliphatic rings. The molecule has 0 atom stereocenters. The van der Waals surface area contributed by atoms with E-state index in [2.05, 4.69) is 31.0 Å². The lowest BCUT2D eigenvalue weighted by Crippen LogP contribution is -2.23. The normalized spacial score (nSPS) is 11.7. The van der Waals surface area contributed by atoms with Crippen LogP contribution in [0.1, 0.15) is 18.2 Å². The Labute approximate surface area is 132 Å². The van der Waals surface area contributed by atoms with Gasteiger partial charge in [0.15, 0.2) is 4.67 Å². The highest BCUT2D eigenvalue weighted by Crippen LogP contribution is 2.26. The number of nitrogens with zero attached hydrogens (tertiary/aromatic N) is 1. The average Bonchev–Trinajstić information content (AvgIpc) is 2.86. The molecule has 0 fully saturated rings. The van der Waals surface area contributed by atoms with Crippen molar-refractivity contribution in [1.29, 1.82) is 0 Å². The SMILES string of the molecule is CCNCc1cc(S(=O)(=O)NCc2cccnc2)c(Br)o1. The molecule has 8 heteroatoms. The average molecular weight is 374 g/mol. The van der Waals surface area contributed by atoms with E-state index in [0.29, 0.717) is 12.3 Å². The van der Waals surface area contributed by atoms with Gasteiger partial charge in [-0.3, -0.25) is 4.98 Å². The Balaban J connectivity index is 2.10. The van der Waals surface area contributed by atoms with E-state index in [1.807, 2.05) is 6.92 Å². The molecule has 0 unspecified atom stereocenters. The highest BCUT2D eigenvalue weighted by molar-refractivity contribution is 9.10. The van der Waals surface area contributed by atoms with Gasteiger partial charge < -0.3 is 9.73 Å². The van der Waals surface area contributed by atoms with Crippen LogP contribution < -0.4 is 10.0 Å². The Morgan fingerprint density at radius 3 is 2.86 bits per heavy atom. The highest BCUT2D eigenvalue weighted by atomic mass is 79.9. The summed E-state index contributed by atoms with van der Waals surface area (Å²) < 4.78 is 32.6. The number of halogens is 1. The molecule has 0 amide bonds. The Bertz CT molecular complexity index is 686. The minimum absolute atomic E-state index is 0.0966. The summed E-state index contributed by atoms with van der Waals surface area (Å²) in [6.45, 7) is 3.40. The van der Waals surface area contributed by atoms with Crippen LogP contribution in [0.25, 0.3) is 0 Å². The summed E-state index contributed by atoms with van der Waals surface area (Å²) in [6.07, 6.45) is 3.25. The molecule has 0 radical (unpaired) electrons. The van der Waals surface area contributed by atoms with Crippen LogP contribution in [0.2, 0.25) is 0 Å². The predicted molar refractivity (Wildman–Crippen MR) is 82.1 cm³/mol. The van der Waals surface area contributed by atoms with Crippen LogP contribution in [0.15, 0.2) is 44.6 Å². The van der Waals surface area contributed by atoms with Crippen molar-refractivity contribution < 1.29 is 12.8 Å². The van der Waals surface area contributed by atoms with Gasteiger partial charge in [-0.1, -0.05) is 13.0 Å². The number of pyridine rings is 1. The lowest BCUT2D eigenvalue weighted by atomic mass is 10.3. The van der Waals surface area contributed by atoms with Gasteiger partial charge in [-0.25, -0.2) is 13.1 Å². The summed E-state index contributed by atoms with van der Waals surface area (Å²) in [4.78, 5) is 4.04. The topological polar surface area (TPSA) is 84.2 Å². The molecule has 2 aromatic rings. The van der Waals surface area contributed by atoms with E-state index >= 15 is 0 Å². The number of furan rings is 1. The fraction of sp³-hybridized carbons (Fsp3) is 0.308. The molecule has 2 N–H and O–H groups in total. The molecular formula is C13H16BrN3O3S. The third kappa shape index (κ3) is 4.37. The molecule has 0 saturated heterocycles. The molecule has 0 bridgehead atoms. The van der Waals surface area contributed by atoms with Crippen molar-refractivity contribution in [3.05, 3.63) is 46.6 Å². The zero-order valence-electron chi connectivity index (χ0n) is 11.5. The smallest absolute Gasteiger partial charge is 0.245 e. The largest absolute Gasteiger partial charge is 0.452 e. The van der Waals surface area contributed by atoms with Crippen LogP contribution >= 0.6 is 15.9 Å². The zero-order valence-corrected chi connectivity index (χ0v) is 13.9. The van der Waals surface area contributed by atoms with Gasteiger partial charge in [-0.05, 0) is 34.1 Å². The second-order valence-corrected chi connectivity index (χ2v) is 6.77. The van der Waals surface area contributed by atoms with Crippen molar-refractivity contribution in [1.82, 2.24) is 15.0 Å². The first-order valence-corrected chi connectivity index (χ1v) is 8.68. The molecule has 114 valence electrons. The number of nitrogens with one attached hydrogen (secondary N) is 2. The third-order valence-corrected chi connectivity index (χ3v) is 4.99.